The van der Waals surface area contributed by atoms with Crippen molar-refractivity contribution in [2.75, 3.05) is 32.8 Å². The van der Waals surface area contributed by atoms with Crippen molar-refractivity contribution in [3.05, 3.63) is 46.7 Å². The summed E-state index contributed by atoms with van der Waals surface area (Å²) in [6.07, 6.45) is 1.53. The molecule has 7 nitrogen and oxygen atoms in total. The van der Waals surface area contributed by atoms with Crippen LogP contribution in [-0.2, 0) is 9.53 Å². The molecule has 0 unspecified atom stereocenters. The van der Waals surface area contributed by atoms with Crippen molar-refractivity contribution in [2.24, 2.45) is 5.10 Å². The second-order valence-corrected chi connectivity index (χ2v) is 6.08. The third-order valence-electron chi connectivity index (χ3n) is 3.90. The van der Waals surface area contributed by atoms with E-state index in [9.17, 15) is 4.79 Å². The molecule has 0 spiro atoms. The standard InChI is InChI=1S/C17H20ClN5O2/c1-13-15(17(18)23(21-13)14-5-3-2-4-6-14)11-19-20-16(24)12-22-7-9-25-10-8-22/h2-6,11H,7-10,12H2,1H3,(H,20,24). The summed E-state index contributed by atoms with van der Waals surface area (Å²) in [5, 5.41) is 8.90. The van der Waals surface area contributed by atoms with Gasteiger partial charge in [0.1, 0.15) is 5.15 Å². The zero-order chi connectivity index (χ0) is 17.6. The van der Waals surface area contributed by atoms with Gasteiger partial charge in [-0.3, -0.25) is 9.69 Å². The van der Waals surface area contributed by atoms with Gasteiger partial charge >= 0.3 is 0 Å². The molecule has 2 aromatic rings. The van der Waals surface area contributed by atoms with Crippen LogP contribution in [0.3, 0.4) is 0 Å². The van der Waals surface area contributed by atoms with E-state index in [-0.39, 0.29) is 5.91 Å². The third-order valence-corrected chi connectivity index (χ3v) is 4.27. The number of benzene rings is 1. The fraction of sp³-hybridized carbons (Fsp3) is 0.353. The number of amides is 1. The summed E-state index contributed by atoms with van der Waals surface area (Å²) in [7, 11) is 0. The summed E-state index contributed by atoms with van der Waals surface area (Å²) in [6, 6.07) is 9.61. The lowest BCUT2D eigenvalue weighted by Crippen LogP contribution is -2.42. The van der Waals surface area contributed by atoms with Gasteiger partial charge in [-0.2, -0.15) is 10.2 Å². The molecule has 1 aromatic heterocycles. The molecule has 0 aliphatic carbocycles. The van der Waals surface area contributed by atoms with Gasteiger partial charge in [0.15, 0.2) is 0 Å². The minimum Gasteiger partial charge on any atom is -0.379 e. The number of rotatable bonds is 5. The number of nitrogens with one attached hydrogen (secondary N) is 1. The van der Waals surface area contributed by atoms with E-state index in [0.29, 0.717) is 30.5 Å². The number of carbonyl (C=O) groups excluding carboxylic acids is 1. The number of hydrazone groups is 1. The number of carbonyl (C=O) groups is 1. The number of ether oxygens (including phenoxy) is 1. The van der Waals surface area contributed by atoms with Gasteiger partial charge in [-0.15, -0.1) is 0 Å². The Morgan fingerprint density at radius 2 is 2.08 bits per heavy atom. The largest absolute Gasteiger partial charge is 0.379 e. The normalized spacial score (nSPS) is 15.6. The number of aryl methyl sites for hydroxylation is 1. The third kappa shape index (κ3) is 4.45. The number of hydrogen-bond donors (Lipinski definition) is 1. The predicted molar refractivity (Wildman–Crippen MR) is 96.3 cm³/mol. The van der Waals surface area contributed by atoms with Gasteiger partial charge in [0.2, 0.25) is 0 Å². The molecule has 0 radical (unpaired) electrons. The maximum atomic E-state index is 11.9. The Kier molecular flexibility index (Phi) is 5.80. The van der Waals surface area contributed by atoms with Crippen molar-refractivity contribution in [1.82, 2.24) is 20.1 Å². The van der Waals surface area contributed by atoms with Crippen molar-refractivity contribution < 1.29 is 9.53 Å². The van der Waals surface area contributed by atoms with Crippen LogP contribution in [0.1, 0.15) is 11.3 Å². The van der Waals surface area contributed by atoms with E-state index >= 15 is 0 Å². The van der Waals surface area contributed by atoms with Crippen molar-refractivity contribution in [3.63, 3.8) is 0 Å². The molecule has 1 saturated heterocycles. The molecule has 1 aromatic carbocycles. The topological polar surface area (TPSA) is 71.8 Å². The highest BCUT2D eigenvalue weighted by Gasteiger charge is 2.15. The Balaban J connectivity index is 1.63. The average molecular weight is 362 g/mol. The number of halogens is 1. The van der Waals surface area contributed by atoms with E-state index in [1.54, 1.807) is 4.68 Å². The van der Waals surface area contributed by atoms with Crippen LogP contribution in [0.15, 0.2) is 35.4 Å². The first-order valence-electron chi connectivity index (χ1n) is 8.07. The molecule has 8 heteroatoms. The van der Waals surface area contributed by atoms with Crippen LogP contribution in [0.5, 0.6) is 0 Å². The second kappa shape index (κ2) is 8.24. The number of para-hydroxylation sites is 1. The molecule has 0 bridgehead atoms. The average Bonchev–Trinajstić information content (AvgIpc) is 2.91. The van der Waals surface area contributed by atoms with Crippen molar-refractivity contribution in [3.8, 4) is 5.69 Å². The number of aromatic nitrogens is 2. The molecule has 25 heavy (non-hydrogen) atoms. The molecule has 1 fully saturated rings. The van der Waals surface area contributed by atoms with Crippen molar-refractivity contribution in [2.45, 2.75) is 6.92 Å². The maximum Gasteiger partial charge on any atom is 0.254 e. The van der Waals surface area contributed by atoms with Crippen molar-refractivity contribution >= 4 is 23.7 Å². The molecule has 1 amide bonds. The molecule has 0 saturated carbocycles. The van der Waals surface area contributed by atoms with Crippen molar-refractivity contribution in [1.29, 1.82) is 0 Å². The number of hydrogen-bond acceptors (Lipinski definition) is 5. The van der Waals surface area contributed by atoms with Crippen LogP contribution in [0.4, 0.5) is 0 Å². The van der Waals surface area contributed by atoms with Crippen LogP contribution in [0.2, 0.25) is 5.15 Å². The summed E-state index contributed by atoms with van der Waals surface area (Å²) in [4.78, 5) is 14.0. The summed E-state index contributed by atoms with van der Waals surface area (Å²) >= 11 is 6.41. The maximum absolute atomic E-state index is 11.9. The molecule has 0 atom stereocenters. The zero-order valence-corrected chi connectivity index (χ0v) is 14.7. The molecule has 2 heterocycles. The lowest BCUT2D eigenvalue weighted by Gasteiger charge is -2.25. The summed E-state index contributed by atoms with van der Waals surface area (Å²) in [6.45, 7) is 4.98. The highest BCUT2D eigenvalue weighted by atomic mass is 35.5. The van der Waals surface area contributed by atoms with Gasteiger partial charge in [0.25, 0.3) is 5.91 Å². The summed E-state index contributed by atoms with van der Waals surface area (Å²) in [5.41, 5.74) is 4.82. The highest BCUT2D eigenvalue weighted by Crippen LogP contribution is 2.21. The summed E-state index contributed by atoms with van der Waals surface area (Å²) < 4.78 is 6.91. The highest BCUT2D eigenvalue weighted by molar-refractivity contribution is 6.32. The van der Waals surface area contributed by atoms with E-state index < -0.39 is 0 Å². The lowest BCUT2D eigenvalue weighted by atomic mass is 10.3. The fourth-order valence-electron chi connectivity index (χ4n) is 2.56. The van der Waals surface area contributed by atoms with Crippen LogP contribution in [0.25, 0.3) is 5.69 Å². The molecule has 132 valence electrons. The van der Waals surface area contributed by atoms with E-state index in [0.717, 1.165) is 24.5 Å². The number of nitrogens with zero attached hydrogens (tertiary/aromatic N) is 4. The molecular weight excluding hydrogens is 342 g/mol. The van der Waals surface area contributed by atoms with Gasteiger partial charge in [-0.1, -0.05) is 29.8 Å². The van der Waals surface area contributed by atoms with E-state index in [1.165, 1.54) is 6.21 Å². The smallest absolute Gasteiger partial charge is 0.254 e. The van der Waals surface area contributed by atoms with E-state index in [4.69, 9.17) is 16.3 Å². The SMILES string of the molecule is Cc1nn(-c2ccccc2)c(Cl)c1C=NNC(=O)CN1CCOCC1. The minimum atomic E-state index is -0.164. The Morgan fingerprint density at radius 3 is 2.80 bits per heavy atom. The first kappa shape index (κ1) is 17.6. The van der Waals surface area contributed by atoms with Crippen LogP contribution >= 0.6 is 11.6 Å². The molecule has 1 N–H and O–H groups in total. The van der Waals surface area contributed by atoms with Gasteiger partial charge < -0.3 is 4.74 Å². The van der Waals surface area contributed by atoms with E-state index in [2.05, 4.69) is 15.6 Å². The van der Waals surface area contributed by atoms with Gasteiger partial charge in [0.05, 0.1) is 42.9 Å². The molecule has 3 rings (SSSR count). The quantitative estimate of drug-likeness (QED) is 0.649. The monoisotopic (exact) mass is 361 g/mol. The summed E-state index contributed by atoms with van der Waals surface area (Å²) in [5.74, 6) is -0.164. The lowest BCUT2D eigenvalue weighted by molar-refractivity contribution is -0.123. The molecule has 1 aliphatic heterocycles. The predicted octanol–water partition coefficient (Wildman–Crippen LogP) is 1.62. The molecule has 1 aliphatic rings. The van der Waals surface area contributed by atoms with Crippen LogP contribution in [0, 0.1) is 6.92 Å². The van der Waals surface area contributed by atoms with Gasteiger partial charge in [-0.05, 0) is 19.1 Å². The Labute approximate surface area is 151 Å². The van der Waals surface area contributed by atoms with Gasteiger partial charge in [0, 0.05) is 13.1 Å². The Bertz CT molecular complexity index is 754. The molecular formula is C17H20ClN5O2. The first-order chi connectivity index (χ1) is 12.1. The Hall–Kier alpha value is -2.22. The fourth-order valence-corrected chi connectivity index (χ4v) is 2.89. The van der Waals surface area contributed by atoms with Gasteiger partial charge in [-0.25, -0.2) is 10.1 Å². The zero-order valence-electron chi connectivity index (χ0n) is 14.0. The number of morpholine rings is 1. The minimum absolute atomic E-state index is 0.164. The Morgan fingerprint density at radius 1 is 1.36 bits per heavy atom. The van der Waals surface area contributed by atoms with Crippen LogP contribution < -0.4 is 5.43 Å². The van der Waals surface area contributed by atoms with E-state index in [1.807, 2.05) is 42.2 Å². The second-order valence-electron chi connectivity index (χ2n) is 5.72. The first-order valence-corrected chi connectivity index (χ1v) is 8.45. The van der Waals surface area contributed by atoms with Crippen LogP contribution in [-0.4, -0.2) is 59.7 Å².